The molecule has 1 aliphatic carbocycles. The first kappa shape index (κ1) is 13.9. The average Bonchev–Trinajstić information content (AvgIpc) is 2.74. The molecule has 2 aromatic heterocycles. The second kappa shape index (κ2) is 4.48. The second-order valence-corrected chi connectivity index (χ2v) is 7.31. The first-order valence-electron chi connectivity index (χ1n) is 7.42. The highest BCUT2D eigenvalue weighted by Gasteiger charge is 2.46. The molecular weight excluding hydrogens is 272 g/mol. The van der Waals surface area contributed by atoms with Crippen molar-refractivity contribution in [2.75, 3.05) is 0 Å². The zero-order chi connectivity index (χ0) is 14.7. The van der Waals surface area contributed by atoms with E-state index < -0.39 is 0 Å². The van der Waals surface area contributed by atoms with Gasteiger partial charge in [-0.3, -0.25) is 0 Å². The van der Waals surface area contributed by atoms with E-state index in [9.17, 15) is 0 Å². The molecule has 110 valence electrons. The van der Waals surface area contributed by atoms with Crippen molar-refractivity contribution in [2.24, 2.45) is 11.3 Å². The molecule has 3 rings (SSSR count). The summed E-state index contributed by atoms with van der Waals surface area (Å²) in [5.74, 6) is 1.70. The predicted octanol–water partition coefficient (Wildman–Crippen LogP) is 3.91. The molecule has 0 saturated heterocycles. The molecule has 1 aliphatic rings. The second-order valence-electron chi connectivity index (χ2n) is 6.66. The van der Waals surface area contributed by atoms with Crippen molar-refractivity contribution in [1.29, 1.82) is 0 Å². The van der Waals surface area contributed by atoms with Crippen LogP contribution < -0.4 is 0 Å². The molecule has 2 heterocycles. The van der Waals surface area contributed by atoms with E-state index in [4.69, 9.17) is 16.6 Å². The quantitative estimate of drug-likeness (QED) is 0.802. The molecule has 0 amide bonds. The SMILES string of the molecule is CCn1nc(C)c2nc(C(C)Cl)n(CC3CC3(C)C)c21. The fourth-order valence-electron chi connectivity index (χ4n) is 3.05. The lowest BCUT2D eigenvalue weighted by Gasteiger charge is -2.12. The molecule has 0 aromatic carbocycles. The fourth-order valence-corrected chi connectivity index (χ4v) is 3.22. The van der Waals surface area contributed by atoms with Crippen LogP contribution in [0.3, 0.4) is 0 Å². The molecule has 2 unspecified atom stereocenters. The molecule has 4 nitrogen and oxygen atoms in total. The lowest BCUT2D eigenvalue weighted by molar-refractivity contribution is 0.487. The third-order valence-corrected chi connectivity index (χ3v) is 4.80. The van der Waals surface area contributed by atoms with Crippen molar-refractivity contribution in [3.8, 4) is 0 Å². The first-order chi connectivity index (χ1) is 9.35. The van der Waals surface area contributed by atoms with Gasteiger partial charge in [-0.05, 0) is 38.5 Å². The Morgan fingerprint density at radius 2 is 2.10 bits per heavy atom. The Kier molecular flexibility index (Phi) is 3.12. The van der Waals surface area contributed by atoms with Gasteiger partial charge in [0.15, 0.2) is 5.65 Å². The van der Waals surface area contributed by atoms with Crippen molar-refractivity contribution in [1.82, 2.24) is 19.3 Å². The number of rotatable bonds is 4. The Hall–Kier alpha value is -1.03. The number of imidazole rings is 1. The lowest BCUT2D eigenvalue weighted by Crippen LogP contribution is -2.12. The summed E-state index contributed by atoms with van der Waals surface area (Å²) in [5, 5.41) is 4.51. The Balaban J connectivity index is 2.12. The summed E-state index contributed by atoms with van der Waals surface area (Å²) in [7, 11) is 0. The van der Waals surface area contributed by atoms with E-state index >= 15 is 0 Å². The van der Waals surface area contributed by atoms with Crippen molar-refractivity contribution in [3.05, 3.63) is 11.5 Å². The Labute approximate surface area is 125 Å². The molecule has 20 heavy (non-hydrogen) atoms. The summed E-state index contributed by atoms with van der Waals surface area (Å²) in [5.41, 5.74) is 3.59. The smallest absolute Gasteiger partial charge is 0.158 e. The van der Waals surface area contributed by atoms with E-state index in [1.54, 1.807) is 0 Å². The summed E-state index contributed by atoms with van der Waals surface area (Å²) < 4.78 is 4.35. The Bertz CT molecular complexity index is 650. The number of aryl methyl sites for hydroxylation is 2. The summed E-state index contributed by atoms with van der Waals surface area (Å²) in [6.07, 6.45) is 1.28. The number of halogens is 1. The number of fused-ring (bicyclic) bond motifs is 1. The average molecular weight is 295 g/mol. The van der Waals surface area contributed by atoms with E-state index in [0.717, 1.165) is 41.7 Å². The molecule has 0 spiro atoms. The number of nitrogens with zero attached hydrogens (tertiary/aromatic N) is 4. The van der Waals surface area contributed by atoms with Crippen molar-refractivity contribution in [2.45, 2.75) is 59.5 Å². The zero-order valence-corrected chi connectivity index (χ0v) is 13.7. The lowest BCUT2D eigenvalue weighted by atomic mass is 10.1. The first-order valence-corrected chi connectivity index (χ1v) is 7.86. The van der Waals surface area contributed by atoms with E-state index in [0.29, 0.717) is 5.41 Å². The zero-order valence-electron chi connectivity index (χ0n) is 12.9. The molecule has 2 atom stereocenters. The van der Waals surface area contributed by atoms with Crippen molar-refractivity contribution >= 4 is 22.8 Å². The maximum absolute atomic E-state index is 6.35. The van der Waals surface area contributed by atoms with Crippen LogP contribution in [0, 0.1) is 18.3 Å². The Morgan fingerprint density at radius 1 is 1.45 bits per heavy atom. The predicted molar refractivity (Wildman–Crippen MR) is 82.1 cm³/mol. The van der Waals surface area contributed by atoms with E-state index in [1.165, 1.54) is 6.42 Å². The van der Waals surface area contributed by atoms with Crippen LogP contribution in [0.1, 0.15) is 51.0 Å². The fraction of sp³-hybridized carbons (Fsp3) is 0.733. The van der Waals surface area contributed by atoms with Crippen LogP contribution in [0.5, 0.6) is 0 Å². The van der Waals surface area contributed by atoms with E-state index in [-0.39, 0.29) is 5.38 Å². The van der Waals surface area contributed by atoms with Crippen molar-refractivity contribution < 1.29 is 0 Å². The summed E-state index contributed by atoms with van der Waals surface area (Å²) in [4.78, 5) is 4.76. The third-order valence-electron chi connectivity index (χ3n) is 4.60. The van der Waals surface area contributed by atoms with Gasteiger partial charge in [0, 0.05) is 13.1 Å². The van der Waals surface area contributed by atoms with Gasteiger partial charge < -0.3 is 4.57 Å². The molecule has 0 N–H and O–H groups in total. The molecule has 1 saturated carbocycles. The molecule has 1 fully saturated rings. The number of hydrogen-bond acceptors (Lipinski definition) is 2. The van der Waals surface area contributed by atoms with Crippen LogP contribution in [-0.2, 0) is 13.1 Å². The molecule has 0 radical (unpaired) electrons. The van der Waals surface area contributed by atoms with Gasteiger partial charge in [0.1, 0.15) is 11.3 Å². The highest BCUT2D eigenvalue weighted by Crippen LogP contribution is 2.53. The summed E-state index contributed by atoms with van der Waals surface area (Å²) >= 11 is 6.35. The van der Waals surface area contributed by atoms with Gasteiger partial charge in [-0.2, -0.15) is 5.10 Å². The number of alkyl halides is 1. The summed E-state index contributed by atoms with van der Waals surface area (Å²) in [6, 6.07) is 0. The van der Waals surface area contributed by atoms with Gasteiger partial charge in [-0.25, -0.2) is 9.67 Å². The van der Waals surface area contributed by atoms with Crippen LogP contribution in [-0.4, -0.2) is 19.3 Å². The van der Waals surface area contributed by atoms with Gasteiger partial charge in [0.25, 0.3) is 0 Å². The van der Waals surface area contributed by atoms with E-state index in [2.05, 4.69) is 35.1 Å². The molecule has 0 bridgehead atoms. The Morgan fingerprint density at radius 3 is 2.60 bits per heavy atom. The van der Waals surface area contributed by atoms with Crippen molar-refractivity contribution in [3.63, 3.8) is 0 Å². The van der Waals surface area contributed by atoms with Gasteiger partial charge >= 0.3 is 0 Å². The topological polar surface area (TPSA) is 35.6 Å². The van der Waals surface area contributed by atoms with Crippen LogP contribution in [0.15, 0.2) is 0 Å². The van der Waals surface area contributed by atoms with Gasteiger partial charge in [-0.1, -0.05) is 13.8 Å². The van der Waals surface area contributed by atoms with E-state index in [1.807, 2.05) is 13.8 Å². The van der Waals surface area contributed by atoms with Crippen LogP contribution in [0.4, 0.5) is 0 Å². The van der Waals surface area contributed by atoms with Crippen LogP contribution in [0.2, 0.25) is 0 Å². The minimum atomic E-state index is -0.0750. The normalized spacial score (nSPS) is 22.4. The molecule has 2 aromatic rings. The standard InChI is InChI=1S/C15H23ClN4/c1-6-20-14-12(10(3)18-20)17-13(9(2)16)19(14)8-11-7-15(11,4)5/h9,11H,6-8H2,1-5H3. The highest BCUT2D eigenvalue weighted by molar-refractivity contribution is 6.20. The molecule has 5 heteroatoms. The highest BCUT2D eigenvalue weighted by atomic mass is 35.5. The number of aromatic nitrogens is 4. The van der Waals surface area contributed by atoms with Gasteiger partial charge in [-0.15, -0.1) is 11.6 Å². The third kappa shape index (κ3) is 2.05. The van der Waals surface area contributed by atoms with Gasteiger partial charge in [0.2, 0.25) is 0 Å². The number of hydrogen-bond donors (Lipinski definition) is 0. The largest absolute Gasteiger partial charge is 0.311 e. The maximum atomic E-state index is 6.35. The summed E-state index contributed by atoms with van der Waals surface area (Å²) in [6.45, 7) is 12.7. The van der Waals surface area contributed by atoms with Gasteiger partial charge in [0.05, 0.1) is 11.1 Å². The van der Waals surface area contributed by atoms with Crippen LogP contribution >= 0.6 is 11.6 Å². The minimum absolute atomic E-state index is 0.0750. The molecular formula is C15H23ClN4. The molecule has 0 aliphatic heterocycles. The van der Waals surface area contributed by atoms with Crippen LogP contribution in [0.25, 0.3) is 11.2 Å². The monoisotopic (exact) mass is 294 g/mol. The minimum Gasteiger partial charge on any atom is -0.311 e. The maximum Gasteiger partial charge on any atom is 0.158 e.